The van der Waals surface area contributed by atoms with E-state index in [1.54, 1.807) is 12.1 Å². The van der Waals surface area contributed by atoms with Gasteiger partial charge in [-0.15, -0.1) is 0 Å². The van der Waals surface area contributed by atoms with Crippen molar-refractivity contribution < 1.29 is 9.72 Å². The highest BCUT2D eigenvalue weighted by Crippen LogP contribution is 2.38. The Kier molecular flexibility index (Phi) is 3.18. The predicted molar refractivity (Wildman–Crippen MR) is 83.8 cm³/mol. The average Bonchev–Trinajstić information content (AvgIpc) is 3.30. The van der Waals surface area contributed by atoms with Crippen LogP contribution < -0.4 is 0 Å². The van der Waals surface area contributed by atoms with Gasteiger partial charge in [0.25, 0.3) is 5.69 Å². The van der Waals surface area contributed by atoms with E-state index in [4.69, 9.17) is 0 Å². The molecular weight excluding hydrogens is 294 g/mol. The second-order valence-corrected chi connectivity index (χ2v) is 6.18. The molecule has 2 aromatic rings. The Labute approximate surface area is 133 Å². The number of nitro benzene ring substituents is 1. The summed E-state index contributed by atoms with van der Waals surface area (Å²) in [5.41, 5.74) is 2.06. The van der Waals surface area contributed by atoms with Crippen LogP contribution in [-0.4, -0.2) is 26.8 Å². The molecule has 2 aliphatic rings. The second-order valence-electron chi connectivity index (χ2n) is 6.18. The van der Waals surface area contributed by atoms with Gasteiger partial charge in [0.2, 0.25) is 5.91 Å². The minimum absolute atomic E-state index is 0.0695. The lowest BCUT2D eigenvalue weighted by Gasteiger charge is -2.37. The van der Waals surface area contributed by atoms with Crippen molar-refractivity contribution in [1.29, 1.82) is 0 Å². The summed E-state index contributed by atoms with van der Waals surface area (Å²) in [6.45, 7) is 1.48. The Balaban J connectivity index is 1.74. The Morgan fingerprint density at radius 1 is 1.13 bits per heavy atom. The molecule has 6 nitrogen and oxygen atoms in total. The van der Waals surface area contributed by atoms with Gasteiger partial charge in [-0.2, -0.15) is 0 Å². The average molecular weight is 311 g/mol. The van der Waals surface area contributed by atoms with E-state index in [0.717, 1.165) is 30.6 Å². The van der Waals surface area contributed by atoms with Crippen LogP contribution in [0.4, 0.5) is 5.69 Å². The Morgan fingerprint density at radius 3 is 2.52 bits per heavy atom. The Morgan fingerprint density at radius 2 is 1.87 bits per heavy atom. The smallest absolute Gasteiger partial charge is 0.269 e. The zero-order valence-corrected chi connectivity index (χ0v) is 12.6. The SMILES string of the molecule is O=C(C1CC1)N1CCn2cccc2[C@@H]1c1ccc([N+](=O)[O-])cc1. The molecule has 4 rings (SSSR count). The van der Waals surface area contributed by atoms with Gasteiger partial charge in [-0.1, -0.05) is 0 Å². The first-order valence-electron chi connectivity index (χ1n) is 7.85. The molecule has 118 valence electrons. The molecule has 1 fully saturated rings. The number of hydrogen-bond donors (Lipinski definition) is 0. The van der Waals surface area contributed by atoms with Crippen LogP contribution in [0.15, 0.2) is 42.6 Å². The van der Waals surface area contributed by atoms with Crippen LogP contribution in [0.2, 0.25) is 0 Å². The highest BCUT2D eigenvalue weighted by molar-refractivity contribution is 5.82. The molecule has 0 bridgehead atoms. The van der Waals surface area contributed by atoms with Gasteiger partial charge < -0.3 is 9.47 Å². The predicted octanol–water partition coefficient (Wildman–Crippen LogP) is 2.74. The van der Waals surface area contributed by atoms with E-state index in [2.05, 4.69) is 4.57 Å². The third kappa shape index (κ3) is 2.40. The van der Waals surface area contributed by atoms with Crippen molar-refractivity contribution in [3.05, 3.63) is 64.0 Å². The van der Waals surface area contributed by atoms with Crippen LogP contribution in [0, 0.1) is 16.0 Å². The van der Waals surface area contributed by atoms with Crippen molar-refractivity contribution in [2.45, 2.75) is 25.4 Å². The third-order valence-electron chi connectivity index (χ3n) is 4.67. The van der Waals surface area contributed by atoms with E-state index in [9.17, 15) is 14.9 Å². The number of non-ortho nitro benzene ring substituents is 1. The fraction of sp³-hybridized carbons (Fsp3) is 0.353. The number of nitro groups is 1. The summed E-state index contributed by atoms with van der Waals surface area (Å²) in [6, 6.07) is 10.4. The first kappa shape index (κ1) is 14.0. The lowest BCUT2D eigenvalue weighted by molar-refractivity contribution is -0.384. The standard InChI is InChI=1S/C17H17N3O3/c21-17(13-3-4-13)19-11-10-18-9-1-2-15(18)16(19)12-5-7-14(8-6-12)20(22)23/h1-2,5-9,13,16H,3-4,10-11H2/t16-/m0/s1. The van der Waals surface area contributed by atoms with Gasteiger partial charge in [-0.3, -0.25) is 14.9 Å². The molecule has 2 heterocycles. The maximum absolute atomic E-state index is 12.7. The number of amides is 1. The largest absolute Gasteiger partial charge is 0.348 e. The molecule has 1 aliphatic heterocycles. The summed E-state index contributed by atoms with van der Waals surface area (Å²) in [5, 5.41) is 10.9. The molecule has 0 spiro atoms. The number of aromatic nitrogens is 1. The van der Waals surface area contributed by atoms with Crippen molar-refractivity contribution in [2.75, 3.05) is 6.54 Å². The van der Waals surface area contributed by atoms with Crippen molar-refractivity contribution in [1.82, 2.24) is 9.47 Å². The quantitative estimate of drug-likeness (QED) is 0.646. The van der Waals surface area contributed by atoms with Crippen molar-refractivity contribution in [2.24, 2.45) is 5.92 Å². The third-order valence-corrected chi connectivity index (χ3v) is 4.67. The highest BCUT2D eigenvalue weighted by atomic mass is 16.6. The van der Waals surface area contributed by atoms with E-state index in [1.807, 2.05) is 23.2 Å². The maximum Gasteiger partial charge on any atom is 0.269 e. The summed E-state index contributed by atoms with van der Waals surface area (Å²) < 4.78 is 2.16. The number of nitrogens with zero attached hydrogens (tertiary/aromatic N) is 3. The molecule has 1 aromatic carbocycles. The van der Waals surface area contributed by atoms with E-state index >= 15 is 0 Å². The minimum atomic E-state index is -0.402. The summed E-state index contributed by atoms with van der Waals surface area (Å²) in [7, 11) is 0. The van der Waals surface area contributed by atoms with Crippen LogP contribution in [0.5, 0.6) is 0 Å². The molecule has 1 aromatic heterocycles. The normalized spacial score (nSPS) is 20.2. The number of carbonyl (C=O) groups is 1. The molecule has 0 radical (unpaired) electrons. The molecule has 1 aliphatic carbocycles. The summed E-state index contributed by atoms with van der Waals surface area (Å²) in [6.07, 6.45) is 3.97. The first-order valence-corrected chi connectivity index (χ1v) is 7.85. The van der Waals surface area contributed by atoms with Gasteiger partial charge in [-0.05, 0) is 42.7 Å². The number of hydrogen-bond acceptors (Lipinski definition) is 3. The maximum atomic E-state index is 12.7. The van der Waals surface area contributed by atoms with E-state index in [1.165, 1.54) is 12.1 Å². The van der Waals surface area contributed by atoms with Crippen LogP contribution in [-0.2, 0) is 11.3 Å². The summed E-state index contributed by atoms with van der Waals surface area (Å²) in [4.78, 5) is 25.0. The van der Waals surface area contributed by atoms with E-state index in [-0.39, 0.29) is 23.6 Å². The number of benzene rings is 1. The zero-order chi connectivity index (χ0) is 16.0. The van der Waals surface area contributed by atoms with E-state index in [0.29, 0.717) is 6.54 Å². The van der Waals surface area contributed by atoms with Crippen molar-refractivity contribution in [3.8, 4) is 0 Å². The van der Waals surface area contributed by atoms with Crippen LogP contribution in [0.3, 0.4) is 0 Å². The molecule has 0 N–H and O–H groups in total. The molecule has 0 saturated heterocycles. The van der Waals surface area contributed by atoms with E-state index < -0.39 is 4.92 Å². The number of fused-ring (bicyclic) bond motifs is 1. The fourth-order valence-electron chi connectivity index (χ4n) is 3.31. The van der Waals surface area contributed by atoms with Crippen LogP contribution >= 0.6 is 0 Å². The minimum Gasteiger partial charge on any atom is -0.348 e. The number of rotatable bonds is 3. The van der Waals surface area contributed by atoms with Gasteiger partial charge in [-0.25, -0.2) is 0 Å². The van der Waals surface area contributed by atoms with Crippen LogP contribution in [0.25, 0.3) is 0 Å². The van der Waals surface area contributed by atoms with Gasteiger partial charge in [0.05, 0.1) is 11.0 Å². The van der Waals surface area contributed by atoms with Crippen molar-refractivity contribution in [3.63, 3.8) is 0 Å². The molecule has 1 amide bonds. The molecule has 1 atom stereocenters. The molecule has 0 unspecified atom stereocenters. The van der Waals surface area contributed by atoms with Gasteiger partial charge in [0.15, 0.2) is 0 Å². The van der Waals surface area contributed by atoms with Gasteiger partial charge in [0.1, 0.15) is 0 Å². The molecular formula is C17H17N3O3. The Hall–Kier alpha value is -2.63. The van der Waals surface area contributed by atoms with Gasteiger partial charge >= 0.3 is 0 Å². The highest BCUT2D eigenvalue weighted by Gasteiger charge is 2.39. The van der Waals surface area contributed by atoms with Gasteiger partial charge in [0, 0.05) is 43.0 Å². The first-order chi connectivity index (χ1) is 11.1. The molecule has 1 saturated carbocycles. The number of carbonyl (C=O) groups excluding carboxylic acids is 1. The fourth-order valence-corrected chi connectivity index (χ4v) is 3.31. The zero-order valence-electron chi connectivity index (χ0n) is 12.6. The molecule has 6 heteroatoms. The Bertz CT molecular complexity index is 762. The molecule has 23 heavy (non-hydrogen) atoms. The second kappa shape index (κ2) is 5.22. The van der Waals surface area contributed by atoms with Crippen molar-refractivity contribution >= 4 is 11.6 Å². The summed E-state index contributed by atoms with van der Waals surface area (Å²) in [5.74, 6) is 0.373. The van der Waals surface area contributed by atoms with Crippen LogP contribution in [0.1, 0.15) is 30.1 Å². The lowest BCUT2D eigenvalue weighted by Crippen LogP contribution is -2.43. The topological polar surface area (TPSA) is 68.4 Å². The monoisotopic (exact) mass is 311 g/mol. The summed E-state index contributed by atoms with van der Waals surface area (Å²) >= 11 is 0. The lowest BCUT2D eigenvalue weighted by atomic mass is 9.99.